The predicted octanol–water partition coefficient (Wildman–Crippen LogP) is 1.42. The molecule has 21 heavy (non-hydrogen) atoms. The summed E-state index contributed by atoms with van der Waals surface area (Å²) in [6.45, 7) is 9.77. The van der Waals surface area contributed by atoms with Crippen molar-refractivity contribution in [3.05, 3.63) is 0 Å². The minimum Gasteiger partial charge on any atom is -0.355 e. The minimum atomic E-state index is -0.0432. The molecule has 1 rings (SSSR count). The van der Waals surface area contributed by atoms with Crippen LogP contribution in [0.4, 0.5) is 0 Å². The van der Waals surface area contributed by atoms with Gasteiger partial charge in [0, 0.05) is 32.1 Å². The van der Waals surface area contributed by atoms with Crippen LogP contribution in [0.15, 0.2) is 0 Å². The van der Waals surface area contributed by atoms with Gasteiger partial charge in [0.2, 0.25) is 11.8 Å². The predicted molar refractivity (Wildman–Crippen MR) is 87.6 cm³/mol. The number of rotatable bonds is 7. The molecule has 2 amide bonds. The fraction of sp³-hybridized carbons (Fsp3) is 0.867. The van der Waals surface area contributed by atoms with Crippen LogP contribution < -0.4 is 10.6 Å². The van der Waals surface area contributed by atoms with Gasteiger partial charge in [0.15, 0.2) is 0 Å². The van der Waals surface area contributed by atoms with Gasteiger partial charge < -0.3 is 15.5 Å². The van der Waals surface area contributed by atoms with Gasteiger partial charge >= 0.3 is 0 Å². The molecule has 0 aromatic heterocycles. The van der Waals surface area contributed by atoms with Gasteiger partial charge in [-0.3, -0.25) is 9.59 Å². The highest BCUT2D eigenvalue weighted by Crippen LogP contribution is 2.19. The molecule has 0 aromatic carbocycles. The Hall–Kier alpha value is -0.810. The molecular formula is C15H30ClN3O2. The molecule has 0 saturated carbocycles. The van der Waals surface area contributed by atoms with Crippen molar-refractivity contribution in [1.29, 1.82) is 0 Å². The second kappa shape index (κ2) is 10.9. The number of piperidine rings is 1. The topological polar surface area (TPSA) is 61.4 Å². The standard InChI is InChI=1S/C15H29N3O2.ClH/c1-4-12(3)15(20)18-10-6-7-13(11-18)14(19)17-9-8-16-5-2;/h12-13,16H,4-11H2,1-3H3,(H,17,19);1H. The number of likely N-dealkylation sites (N-methyl/N-ethyl adjacent to an activating group) is 1. The second-order valence-electron chi connectivity index (χ2n) is 5.58. The van der Waals surface area contributed by atoms with E-state index in [-0.39, 0.29) is 36.1 Å². The average Bonchev–Trinajstić information content (AvgIpc) is 2.49. The Morgan fingerprint density at radius 1 is 1.29 bits per heavy atom. The number of likely N-dealkylation sites (tertiary alicyclic amines) is 1. The van der Waals surface area contributed by atoms with E-state index >= 15 is 0 Å². The summed E-state index contributed by atoms with van der Waals surface area (Å²) in [5, 5.41) is 6.13. The first-order valence-corrected chi connectivity index (χ1v) is 7.87. The Labute approximate surface area is 134 Å². The Morgan fingerprint density at radius 2 is 2.00 bits per heavy atom. The number of carbonyl (C=O) groups is 2. The highest BCUT2D eigenvalue weighted by Gasteiger charge is 2.29. The molecule has 6 heteroatoms. The van der Waals surface area contributed by atoms with E-state index in [9.17, 15) is 9.59 Å². The Morgan fingerprint density at radius 3 is 2.62 bits per heavy atom. The summed E-state index contributed by atoms with van der Waals surface area (Å²) in [6.07, 6.45) is 2.67. The van der Waals surface area contributed by atoms with Crippen LogP contribution in [0.25, 0.3) is 0 Å². The van der Waals surface area contributed by atoms with Gasteiger partial charge in [-0.1, -0.05) is 20.8 Å². The summed E-state index contributed by atoms with van der Waals surface area (Å²) in [6, 6.07) is 0. The van der Waals surface area contributed by atoms with Crippen molar-refractivity contribution in [2.45, 2.75) is 40.0 Å². The zero-order valence-corrected chi connectivity index (χ0v) is 14.3. The van der Waals surface area contributed by atoms with Gasteiger partial charge in [0.25, 0.3) is 0 Å². The number of carbonyl (C=O) groups excluding carboxylic acids is 2. The van der Waals surface area contributed by atoms with Crippen molar-refractivity contribution < 1.29 is 9.59 Å². The molecule has 1 fully saturated rings. The van der Waals surface area contributed by atoms with Gasteiger partial charge in [-0.2, -0.15) is 0 Å². The molecule has 1 saturated heterocycles. The maximum atomic E-state index is 12.2. The van der Waals surface area contributed by atoms with Crippen LogP contribution in [0.3, 0.4) is 0 Å². The average molecular weight is 320 g/mol. The molecule has 1 aliphatic heterocycles. The second-order valence-corrected chi connectivity index (χ2v) is 5.58. The lowest BCUT2D eigenvalue weighted by molar-refractivity contribution is -0.138. The Kier molecular flexibility index (Phi) is 10.4. The minimum absolute atomic E-state index is 0. The SMILES string of the molecule is CCNCCNC(=O)C1CCCN(C(=O)C(C)CC)C1.Cl. The van der Waals surface area contributed by atoms with E-state index in [0.29, 0.717) is 13.1 Å². The number of amides is 2. The van der Waals surface area contributed by atoms with E-state index in [1.54, 1.807) is 0 Å². The van der Waals surface area contributed by atoms with Crippen molar-refractivity contribution in [2.24, 2.45) is 11.8 Å². The van der Waals surface area contributed by atoms with Crippen LogP contribution >= 0.6 is 12.4 Å². The fourth-order valence-corrected chi connectivity index (χ4v) is 2.47. The highest BCUT2D eigenvalue weighted by atomic mass is 35.5. The quantitative estimate of drug-likeness (QED) is 0.698. The maximum Gasteiger partial charge on any atom is 0.225 e. The summed E-state index contributed by atoms with van der Waals surface area (Å²) < 4.78 is 0. The normalized spacial score (nSPS) is 19.6. The van der Waals surface area contributed by atoms with E-state index in [4.69, 9.17) is 0 Å². The van der Waals surface area contributed by atoms with E-state index in [2.05, 4.69) is 10.6 Å². The lowest BCUT2D eigenvalue weighted by atomic mass is 9.95. The summed E-state index contributed by atoms with van der Waals surface area (Å²) >= 11 is 0. The molecule has 0 aromatic rings. The number of hydrogen-bond donors (Lipinski definition) is 2. The van der Waals surface area contributed by atoms with Gasteiger partial charge in [-0.25, -0.2) is 0 Å². The first kappa shape index (κ1) is 20.2. The maximum absolute atomic E-state index is 12.2. The molecule has 1 aliphatic rings. The molecule has 0 spiro atoms. The zero-order chi connectivity index (χ0) is 15.0. The molecule has 2 N–H and O–H groups in total. The monoisotopic (exact) mass is 319 g/mol. The number of nitrogens with one attached hydrogen (secondary N) is 2. The Balaban J connectivity index is 0.00000400. The third-order valence-corrected chi connectivity index (χ3v) is 3.99. The lowest BCUT2D eigenvalue weighted by Gasteiger charge is -2.33. The summed E-state index contributed by atoms with van der Waals surface area (Å²) in [5.41, 5.74) is 0. The van der Waals surface area contributed by atoms with Gasteiger partial charge in [-0.15, -0.1) is 12.4 Å². The van der Waals surface area contributed by atoms with Crippen molar-refractivity contribution in [3.8, 4) is 0 Å². The molecule has 0 radical (unpaired) electrons. The largest absolute Gasteiger partial charge is 0.355 e. The summed E-state index contributed by atoms with van der Waals surface area (Å²) in [7, 11) is 0. The first-order valence-electron chi connectivity index (χ1n) is 7.87. The van der Waals surface area contributed by atoms with E-state index in [1.165, 1.54) is 0 Å². The van der Waals surface area contributed by atoms with Crippen LogP contribution in [-0.4, -0.2) is 49.4 Å². The van der Waals surface area contributed by atoms with Crippen LogP contribution in [-0.2, 0) is 9.59 Å². The van der Waals surface area contributed by atoms with Crippen LogP contribution in [0.1, 0.15) is 40.0 Å². The highest BCUT2D eigenvalue weighted by molar-refractivity contribution is 5.85. The number of nitrogens with zero attached hydrogens (tertiary/aromatic N) is 1. The summed E-state index contributed by atoms with van der Waals surface area (Å²) in [4.78, 5) is 26.1. The third-order valence-electron chi connectivity index (χ3n) is 3.99. The van der Waals surface area contributed by atoms with Crippen molar-refractivity contribution in [3.63, 3.8) is 0 Å². The zero-order valence-electron chi connectivity index (χ0n) is 13.5. The number of hydrogen-bond acceptors (Lipinski definition) is 3. The molecular weight excluding hydrogens is 290 g/mol. The molecule has 2 atom stereocenters. The van der Waals surface area contributed by atoms with Crippen molar-refractivity contribution >= 4 is 24.2 Å². The van der Waals surface area contributed by atoms with Crippen molar-refractivity contribution in [2.75, 3.05) is 32.7 Å². The van der Waals surface area contributed by atoms with Gasteiger partial charge in [0.05, 0.1) is 5.92 Å². The molecule has 0 aliphatic carbocycles. The first-order chi connectivity index (χ1) is 9.60. The van der Waals surface area contributed by atoms with Crippen LogP contribution in [0, 0.1) is 11.8 Å². The van der Waals surface area contributed by atoms with E-state index in [1.807, 2.05) is 25.7 Å². The molecule has 1 heterocycles. The van der Waals surface area contributed by atoms with Gasteiger partial charge in [0.1, 0.15) is 0 Å². The molecule has 2 unspecified atom stereocenters. The third kappa shape index (κ3) is 6.66. The van der Waals surface area contributed by atoms with Crippen LogP contribution in [0.2, 0.25) is 0 Å². The number of halogens is 1. The molecule has 124 valence electrons. The lowest BCUT2D eigenvalue weighted by Crippen LogP contribution is -2.47. The molecule has 5 nitrogen and oxygen atoms in total. The molecule has 0 bridgehead atoms. The van der Waals surface area contributed by atoms with Gasteiger partial charge in [-0.05, 0) is 25.8 Å². The van der Waals surface area contributed by atoms with Crippen molar-refractivity contribution in [1.82, 2.24) is 15.5 Å². The smallest absolute Gasteiger partial charge is 0.225 e. The van der Waals surface area contributed by atoms with E-state index in [0.717, 1.165) is 38.9 Å². The summed E-state index contributed by atoms with van der Waals surface area (Å²) in [5.74, 6) is 0.297. The van der Waals surface area contributed by atoms with Crippen LogP contribution in [0.5, 0.6) is 0 Å². The Bertz CT molecular complexity index is 326. The fourth-order valence-electron chi connectivity index (χ4n) is 2.47. The van der Waals surface area contributed by atoms with E-state index < -0.39 is 0 Å².